The largest absolute Gasteiger partial charge is 0.314 e. The Morgan fingerprint density at radius 2 is 2.12 bits per heavy atom. The van der Waals surface area contributed by atoms with Gasteiger partial charge in [-0.3, -0.25) is 0 Å². The highest BCUT2D eigenvalue weighted by Crippen LogP contribution is 2.09. The zero-order valence-corrected chi connectivity index (χ0v) is 10.3. The average molecular weight is 223 g/mol. The van der Waals surface area contributed by atoms with Gasteiger partial charge in [0, 0.05) is 6.04 Å². The smallest absolute Gasteiger partial charge is 0.123 e. The van der Waals surface area contributed by atoms with E-state index in [1.54, 1.807) is 12.1 Å². The lowest BCUT2D eigenvalue weighted by Crippen LogP contribution is -2.29. The molecule has 0 aliphatic rings. The van der Waals surface area contributed by atoms with Gasteiger partial charge in [-0.2, -0.15) is 0 Å². The van der Waals surface area contributed by atoms with Crippen LogP contribution in [0, 0.1) is 5.82 Å². The summed E-state index contributed by atoms with van der Waals surface area (Å²) in [6.45, 7) is 5.44. The monoisotopic (exact) mass is 223 g/mol. The van der Waals surface area contributed by atoms with Crippen molar-refractivity contribution in [3.63, 3.8) is 0 Å². The molecule has 0 aromatic heterocycles. The normalized spacial score (nSPS) is 12.7. The Balaban J connectivity index is 2.37. The third-order valence-corrected chi connectivity index (χ3v) is 2.85. The third-order valence-electron chi connectivity index (χ3n) is 2.85. The second kappa shape index (κ2) is 7.39. The molecule has 0 saturated heterocycles. The predicted octanol–water partition coefficient (Wildman–Crippen LogP) is 3.54. The van der Waals surface area contributed by atoms with Crippen LogP contribution in [0.2, 0.25) is 0 Å². The summed E-state index contributed by atoms with van der Waals surface area (Å²) < 4.78 is 13.0. The maximum Gasteiger partial charge on any atom is 0.123 e. The molecule has 0 aliphatic carbocycles. The van der Waals surface area contributed by atoms with Crippen molar-refractivity contribution in [3.8, 4) is 0 Å². The molecule has 0 amide bonds. The maximum absolute atomic E-state index is 13.0. The van der Waals surface area contributed by atoms with Gasteiger partial charge in [0.1, 0.15) is 5.82 Å². The fourth-order valence-corrected chi connectivity index (χ4v) is 1.83. The molecule has 16 heavy (non-hydrogen) atoms. The summed E-state index contributed by atoms with van der Waals surface area (Å²) >= 11 is 0. The minimum Gasteiger partial charge on any atom is -0.314 e. The second-order valence-electron chi connectivity index (χ2n) is 4.23. The van der Waals surface area contributed by atoms with Gasteiger partial charge in [0.15, 0.2) is 0 Å². The van der Waals surface area contributed by atoms with Crippen LogP contribution in [-0.2, 0) is 6.42 Å². The molecule has 0 bridgehead atoms. The quantitative estimate of drug-likeness (QED) is 0.745. The van der Waals surface area contributed by atoms with Crippen LogP contribution in [0.1, 0.15) is 38.7 Å². The first kappa shape index (κ1) is 13.2. The fourth-order valence-electron chi connectivity index (χ4n) is 1.83. The standard InChI is InChI=1S/C14H22FN/c1-3-10-16-14(4-2)9-8-12-6-5-7-13(15)11-12/h5-7,11,14,16H,3-4,8-10H2,1-2H3. The maximum atomic E-state index is 13.0. The molecule has 0 radical (unpaired) electrons. The molecule has 1 aromatic rings. The highest BCUT2D eigenvalue weighted by molar-refractivity contribution is 5.16. The van der Waals surface area contributed by atoms with Crippen LogP contribution in [0.25, 0.3) is 0 Å². The summed E-state index contributed by atoms with van der Waals surface area (Å²) in [5.74, 6) is -0.132. The zero-order valence-electron chi connectivity index (χ0n) is 10.3. The van der Waals surface area contributed by atoms with E-state index in [1.807, 2.05) is 6.07 Å². The third kappa shape index (κ3) is 4.75. The zero-order chi connectivity index (χ0) is 11.8. The molecule has 0 saturated carbocycles. The van der Waals surface area contributed by atoms with E-state index in [4.69, 9.17) is 0 Å². The Morgan fingerprint density at radius 3 is 2.75 bits per heavy atom. The van der Waals surface area contributed by atoms with Gasteiger partial charge in [-0.25, -0.2) is 4.39 Å². The van der Waals surface area contributed by atoms with E-state index < -0.39 is 0 Å². The lowest BCUT2D eigenvalue weighted by Gasteiger charge is -2.16. The molecule has 1 aromatic carbocycles. The van der Waals surface area contributed by atoms with Crippen molar-refractivity contribution < 1.29 is 4.39 Å². The van der Waals surface area contributed by atoms with Crippen molar-refractivity contribution in [2.75, 3.05) is 6.54 Å². The first-order valence-electron chi connectivity index (χ1n) is 6.24. The van der Waals surface area contributed by atoms with Crippen molar-refractivity contribution >= 4 is 0 Å². The van der Waals surface area contributed by atoms with Crippen LogP contribution in [0.5, 0.6) is 0 Å². The summed E-state index contributed by atoms with van der Waals surface area (Å²) in [6, 6.07) is 7.46. The molecule has 0 heterocycles. The van der Waals surface area contributed by atoms with Crippen LogP contribution in [0.4, 0.5) is 4.39 Å². The summed E-state index contributed by atoms with van der Waals surface area (Å²) in [6.07, 6.45) is 4.33. The Hall–Kier alpha value is -0.890. The molecule has 1 rings (SSSR count). The lowest BCUT2D eigenvalue weighted by molar-refractivity contribution is 0.468. The Labute approximate surface area is 98.1 Å². The fraction of sp³-hybridized carbons (Fsp3) is 0.571. The average Bonchev–Trinajstić information content (AvgIpc) is 2.29. The molecule has 1 unspecified atom stereocenters. The van der Waals surface area contributed by atoms with Crippen molar-refractivity contribution in [3.05, 3.63) is 35.6 Å². The van der Waals surface area contributed by atoms with Crippen LogP contribution in [-0.4, -0.2) is 12.6 Å². The summed E-state index contributed by atoms with van der Waals surface area (Å²) in [7, 11) is 0. The SMILES string of the molecule is CCCNC(CC)CCc1cccc(F)c1. The molecule has 0 fully saturated rings. The van der Waals surface area contributed by atoms with E-state index in [-0.39, 0.29) is 5.82 Å². The Bertz CT molecular complexity index is 299. The summed E-state index contributed by atoms with van der Waals surface area (Å²) in [4.78, 5) is 0. The van der Waals surface area contributed by atoms with Gasteiger partial charge >= 0.3 is 0 Å². The van der Waals surface area contributed by atoms with Crippen molar-refractivity contribution in [1.29, 1.82) is 0 Å². The van der Waals surface area contributed by atoms with E-state index in [1.165, 1.54) is 6.07 Å². The molecule has 1 N–H and O–H groups in total. The molecule has 0 aliphatic heterocycles. The molecular formula is C14H22FN. The van der Waals surface area contributed by atoms with Gasteiger partial charge in [0.25, 0.3) is 0 Å². The highest BCUT2D eigenvalue weighted by atomic mass is 19.1. The van der Waals surface area contributed by atoms with Crippen LogP contribution in [0.15, 0.2) is 24.3 Å². The first-order chi connectivity index (χ1) is 7.76. The number of halogens is 1. The van der Waals surface area contributed by atoms with E-state index in [0.29, 0.717) is 6.04 Å². The van der Waals surface area contributed by atoms with E-state index in [2.05, 4.69) is 19.2 Å². The number of benzene rings is 1. The van der Waals surface area contributed by atoms with Gasteiger partial charge in [0.2, 0.25) is 0 Å². The molecule has 90 valence electrons. The summed E-state index contributed by atoms with van der Waals surface area (Å²) in [5.41, 5.74) is 1.09. The molecular weight excluding hydrogens is 201 g/mol. The van der Waals surface area contributed by atoms with Crippen LogP contribution in [0.3, 0.4) is 0 Å². The van der Waals surface area contributed by atoms with E-state index in [0.717, 1.165) is 37.8 Å². The van der Waals surface area contributed by atoms with E-state index >= 15 is 0 Å². The van der Waals surface area contributed by atoms with Crippen molar-refractivity contribution in [1.82, 2.24) is 5.32 Å². The second-order valence-corrected chi connectivity index (χ2v) is 4.23. The number of hydrogen-bond acceptors (Lipinski definition) is 1. The molecule has 2 heteroatoms. The molecule has 0 spiro atoms. The molecule has 1 atom stereocenters. The van der Waals surface area contributed by atoms with Gasteiger partial charge < -0.3 is 5.32 Å². The van der Waals surface area contributed by atoms with Gasteiger partial charge in [-0.05, 0) is 49.9 Å². The molecule has 1 nitrogen and oxygen atoms in total. The predicted molar refractivity (Wildman–Crippen MR) is 67.1 cm³/mol. The van der Waals surface area contributed by atoms with Crippen LogP contribution >= 0.6 is 0 Å². The Morgan fingerprint density at radius 1 is 1.31 bits per heavy atom. The first-order valence-corrected chi connectivity index (χ1v) is 6.24. The van der Waals surface area contributed by atoms with Gasteiger partial charge in [0.05, 0.1) is 0 Å². The topological polar surface area (TPSA) is 12.0 Å². The van der Waals surface area contributed by atoms with Gasteiger partial charge in [-0.1, -0.05) is 26.0 Å². The van der Waals surface area contributed by atoms with Gasteiger partial charge in [-0.15, -0.1) is 0 Å². The highest BCUT2D eigenvalue weighted by Gasteiger charge is 2.05. The minimum absolute atomic E-state index is 0.132. The lowest BCUT2D eigenvalue weighted by atomic mass is 10.0. The van der Waals surface area contributed by atoms with Crippen LogP contribution < -0.4 is 5.32 Å². The number of aryl methyl sites for hydroxylation is 1. The van der Waals surface area contributed by atoms with E-state index in [9.17, 15) is 4.39 Å². The number of hydrogen-bond donors (Lipinski definition) is 1. The van der Waals surface area contributed by atoms with Crippen molar-refractivity contribution in [2.45, 2.75) is 45.6 Å². The van der Waals surface area contributed by atoms with Crippen molar-refractivity contribution in [2.24, 2.45) is 0 Å². The minimum atomic E-state index is -0.132. The summed E-state index contributed by atoms with van der Waals surface area (Å²) in [5, 5.41) is 3.51. The number of rotatable bonds is 7. The number of nitrogens with one attached hydrogen (secondary N) is 1. The Kier molecular flexibility index (Phi) is 6.09.